The fourth-order valence-corrected chi connectivity index (χ4v) is 3.44. The third-order valence-electron chi connectivity index (χ3n) is 5.04. The second kappa shape index (κ2) is 7.59. The molecule has 138 valence electrons. The second-order valence-electron chi connectivity index (χ2n) is 8.40. The van der Waals surface area contributed by atoms with E-state index in [0.717, 1.165) is 19.1 Å². The molecule has 4 nitrogen and oxygen atoms in total. The third kappa shape index (κ3) is 4.83. The molecular formula is C21H31NO3. The van der Waals surface area contributed by atoms with Gasteiger partial charge in [0.2, 0.25) is 0 Å². The Morgan fingerprint density at radius 3 is 2.20 bits per heavy atom. The van der Waals surface area contributed by atoms with Crippen molar-refractivity contribution in [2.45, 2.75) is 70.8 Å². The van der Waals surface area contributed by atoms with Gasteiger partial charge in [0, 0.05) is 24.9 Å². The highest BCUT2D eigenvalue weighted by Crippen LogP contribution is 2.38. The number of rotatable bonds is 4. The fraction of sp³-hybridized carbons (Fsp3) is 0.619. The molecule has 1 amide bonds. The highest BCUT2D eigenvalue weighted by molar-refractivity contribution is 5.68. The van der Waals surface area contributed by atoms with E-state index < -0.39 is 5.60 Å². The zero-order valence-electron chi connectivity index (χ0n) is 16.2. The van der Waals surface area contributed by atoms with Crippen LogP contribution in [-0.2, 0) is 14.9 Å². The number of hydrogen-bond donors (Lipinski definition) is 0. The molecule has 1 saturated heterocycles. The van der Waals surface area contributed by atoms with E-state index in [-0.39, 0.29) is 11.5 Å². The molecule has 2 rings (SSSR count). The van der Waals surface area contributed by atoms with E-state index in [4.69, 9.17) is 4.74 Å². The molecule has 0 bridgehead atoms. The Kier molecular flexibility index (Phi) is 5.91. The van der Waals surface area contributed by atoms with Crippen molar-refractivity contribution in [1.29, 1.82) is 0 Å². The second-order valence-corrected chi connectivity index (χ2v) is 8.40. The summed E-state index contributed by atoms with van der Waals surface area (Å²) in [7, 11) is 0. The first-order valence-electron chi connectivity index (χ1n) is 9.19. The number of likely N-dealkylation sites (tertiary alicyclic amines) is 1. The Morgan fingerprint density at radius 2 is 1.76 bits per heavy atom. The average molecular weight is 345 g/mol. The van der Waals surface area contributed by atoms with Crippen molar-refractivity contribution in [2.75, 3.05) is 13.1 Å². The van der Waals surface area contributed by atoms with Gasteiger partial charge in [-0.15, -0.1) is 0 Å². The molecule has 0 aliphatic carbocycles. The van der Waals surface area contributed by atoms with Crippen molar-refractivity contribution in [1.82, 2.24) is 4.90 Å². The number of carbonyl (C=O) groups is 2. The summed E-state index contributed by atoms with van der Waals surface area (Å²) in [6.45, 7) is 11.2. The molecule has 1 aliphatic heterocycles. The molecule has 0 N–H and O–H groups in total. The highest BCUT2D eigenvalue weighted by Gasteiger charge is 2.38. The lowest BCUT2D eigenvalue weighted by Crippen LogP contribution is -2.47. The minimum atomic E-state index is -0.485. The van der Waals surface area contributed by atoms with Crippen LogP contribution in [0.25, 0.3) is 0 Å². The first-order valence-corrected chi connectivity index (χ1v) is 9.19. The number of aldehydes is 1. The number of carbonyl (C=O) groups excluding carboxylic acids is 2. The van der Waals surface area contributed by atoms with Gasteiger partial charge in [0.15, 0.2) is 0 Å². The molecule has 0 saturated carbocycles. The summed E-state index contributed by atoms with van der Waals surface area (Å²) in [5, 5.41) is 0. The lowest BCUT2D eigenvalue weighted by atomic mass is 9.70. The van der Waals surface area contributed by atoms with Gasteiger partial charge in [-0.1, -0.05) is 38.1 Å². The average Bonchev–Trinajstić information content (AvgIpc) is 2.54. The van der Waals surface area contributed by atoms with Gasteiger partial charge in [-0.3, -0.25) is 0 Å². The maximum atomic E-state index is 12.3. The van der Waals surface area contributed by atoms with Crippen LogP contribution in [0.2, 0.25) is 0 Å². The molecule has 1 heterocycles. The first kappa shape index (κ1) is 19.5. The summed E-state index contributed by atoms with van der Waals surface area (Å²) in [4.78, 5) is 25.4. The van der Waals surface area contributed by atoms with Crippen LogP contribution >= 0.6 is 0 Å². The van der Waals surface area contributed by atoms with Gasteiger partial charge < -0.3 is 14.4 Å². The van der Waals surface area contributed by atoms with Gasteiger partial charge in [-0.2, -0.15) is 0 Å². The van der Waals surface area contributed by atoms with Crippen molar-refractivity contribution in [3.05, 3.63) is 35.4 Å². The van der Waals surface area contributed by atoms with Crippen LogP contribution in [0.3, 0.4) is 0 Å². The number of nitrogens with zero attached hydrogens (tertiary/aromatic N) is 1. The normalized spacial score (nSPS) is 17.4. The number of ether oxygens (including phenoxy) is 1. The number of benzene rings is 1. The van der Waals surface area contributed by atoms with Crippen LogP contribution in [0.4, 0.5) is 4.79 Å². The summed E-state index contributed by atoms with van der Waals surface area (Å²) >= 11 is 0. The summed E-state index contributed by atoms with van der Waals surface area (Å²) < 4.78 is 5.47. The zero-order chi connectivity index (χ0) is 18.7. The maximum absolute atomic E-state index is 12.3. The van der Waals surface area contributed by atoms with Crippen LogP contribution < -0.4 is 0 Å². The summed E-state index contributed by atoms with van der Waals surface area (Å²) in [5.41, 5.74) is 1.85. The van der Waals surface area contributed by atoms with Gasteiger partial charge in [-0.25, -0.2) is 4.79 Å². The van der Waals surface area contributed by atoms with Gasteiger partial charge in [0.1, 0.15) is 11.9 Å². The molecule has 1 aromatic rings. The topological polar surface area (TPSA) is 46.6 Å². The maximum Gasteiger partial charge on any atom is 0.410 e. The molecule has 25 heavy (non-hydrogen) atoms. The fourth-order valence-electron chi connectivity index (χ4n) is 3.44. The van der Waals surface area contributed by atoms with Crippen LogP contribution in [0.1, 0.15) is 70.9 Å². The summed E-state index contributed by atoms with van der Waals surface area (Å²) in [5.74, 6) is 0.491. The van der Waals surface area contributed by atoms with E-state index >= 15 is 0 Å². The SMILES string of the molecule is CC(C)c1ccc(C2(CC=O)CCN(C(=O)OC(C)(C)C)CC2)cc1. The van der Waals surface area contributed by atoms with Crippen LogP contribution in [0.5, 0.6) is 0 Å². The molecule has 0 radical (unpaired) electrons. The Bertz CT molecular complexity index is 591. The van der Waals surface area contributed by atoms with Crippen molar-refractivity contribution in [3.8, 4) is 0 Å². The standard InChI is InChI=1S/C21H31NO3/c1-16(2)17-6-8-18(9-7-17)21(12-15-23)10-13-22(14-11-21)19(24)25-20(3,4)5/h6-9,15-16H,10-14H2,1-5H3. The van der Waals surface area contributed by atoms with Gasteiger partial charge >= 0.3 is 6.09 Å². The van der Waals surface area contributed by atoms with Gasteiger partial charge in [0.05, 0.1) is 0 Å². The minimum Gasteiger partial charge on any atom is -0.444 e. The van der Waals surface area contributed by atoms with Crippen LogP contribution in [0.15, 0.2) is 24.3 Å². The largest absolute Gasteiger partial charge is 0.444 e. The third-order valence-corrected chi connectivity index (χ3v) is 5.04. The zero-order valence-corrected chi connectivity index (χ0v) is 16.2. The quantitative estimate of drug-likeness (QED) is 0.745. The minimum absolute atomic E-state index is 0.171. The van der Waals surface area contributed by atoms with E-state index in [1.54, 1.807) is 4.90 Å². The molecule has 1 fully saturated rings. The van der Waals surface area contributed by atoms with Crippen molar-refractivity contribution in [2.24, 2.45) is 0 Å². The molecule has 0 unspecified atom stereocenters. The molecule has 1 aromatic carbocycles. The van der Waals surface area contributed by atoms with E-state index in [1.807, 2.05) is 20.8 Å². The van der Waals surface area contributed by atoms with Crippen molar-refractivity contribution in [3.63, 3.8) is 0 Å². The Morgan fingerprint density at radius 1 is 1.20 bits per heavy atom. The van der Waals surface area contributed by atoms with E-state index in [1.165, 1.54) is 11.1 Å². The molecule has 0 atom stereocenters. The van der Waals surface area contributed by atoms with Crippen molar-refractivity contribution >= 4 is 12.4 Å². The predicted octanol–water partition coefficient (Wildman–Crippen LogP) is 4.67. The van der Waals surface area contributed by atoms with Crippen LogP contribution in [0, 0.1) is 0 Å². The lowest BCUT2D eigenvalue weighted by Gasteiger charge is -2.41. The lowest BCUT2D eigenvalue weighted by molar-refractivity contribution is -0.109. The summed E-state index contributed by atoms with van der Waals surface area (Å²) in [6, 6.07) is 8.63. The van der Waals surface area contributed by atoms with E-state index in [0.29, 0.717) is 25.4 Å². The highest BCUT2D eigenvalue weighted by atomic mass is 16.6. The molecule has 4 heteroatoms. The van der Waals surface area contributed by atoms with Crippen LogP contribution in [-0.4, -0.2) is 36.0 Å². The van der Waals surface area contributed by atoms with E-state index in [9.17, 15) is 9.59 Å². The molecule has 0 spiro atoms. The Balaban J connectivity index is 2.12. The monoisotopic (exact) mass is 345 g/mol. The van der Waals surface area contributed by atoms with Crippen molar-refractivity contribution < 1.29 is 14.3 Å². The number of amides is 1. The van der Waals surface area contributed by atoms with Gasteiger partial charge in [0.25, 0.3) is 0 Å². The Labute approximate surface area is 151 Å². The predicted molar refractivity (Wildman–Crippen MR) is 99.9 cm³/mol. The number of hydrogen-bond acceptors (Lipinski definition) is 3. The van der Waals surface area contributed by atoms with E-state index in [2.05, 4.69) is 38.1 Å². The first-order chi connectivity index (χ1) is 11.7. The smallest absolute Gasteiger partial charge is 0.410 e. The summed E-state index contributed by atoms with van der Waals surface area (Å²) in [6.07, 6.45) is 2.82. The molecule has 1 aliphatic rings. The Hall–Kier alpha value is -1.84. The van der Waals surface area contributed by atoms with Gasteiger partial charge in [-0.05, 0) is 50.7 Å². The molecule has 0 aromatic heterocycles. The molecular weight excluding hydrogens is 314 g/mol. The number of piperidine rings is 1.